The molecule has 7 aromatic carbocycles. The monoisotopic (exact) mass is 657 g/mol. The molecule has 0 spiro atoms. The molecule has 0 bridgehead atoms. The van der Waals surface area contributed by atoms with Crippen molar-refractivity contribution < 1.29 is 4.42 Å². The van der Waals surface area contributed by atoms with E-state index in [-0.39, 0.29) is 0 Å². The van der Waals surface area contributed by atoms with Crippen molar-refractivity contribution in [1.82, 2.24) is 15.0 Å². The lowest BCUT2D eigenvalue weighted by Crippen LogP contribution is -2.00. The van der Waals surface area contributed by atoms with Crippen molar-refractivity contribution in [3.05, 3.63) is 164 Å². The van der Waals surface area contributed by atoms with Gasteiger partial charge >= 0.3 is 0 Å². The summed E-state index contributed by atoms with van der Waals surface area (Å²) in [5.41, 5.74) is 9.14. The Bertz CT molecular complexity index is 2800. The lowest BCUT2D eigenvalue weighted by atomic mass is 9.98. The molecule has 0 saturated carbocycles. The van der Waals surface area contributed by atoms with E-state index in [0.717, 1.165) is 49.8 Å². The first-order valence-corrected chi connectivity index (χ1v) is 17.4. The third kappa shape index (κ3) is 4.87. The molecule has 0 N–H and O–H groups in total. The molecule has 4 nitrogen and oxygen atoms in total. The van der Waals surface area contributed by atoms with Crippen LogP contribution in [0.1, 0.15) is 0 Å². The minimum Gasteiger partial charge on any atom is -0.456 e. The summed E-state index contributed by atoms with van der Waals surface area (Å²) in [6, 6.07) is 56.9. The molecule has 0 aliphatic carbocycles. The van der Waals surface area contributed by atoms with Gasteiger partial charge in [0.15, 0.2) is 17.5 Å². The summed E-state index contributed by atoms with van der Waals surface area (Å²) in [4.78, 5) is 14.6. The summed E-state index contributed by atoms with van der Waals surface area (Å²) in [7, 11) is 0. The highest BCUT2D eigenvalue weighted by Crippen LogP contribution is 2.40. The summed E-state index contributed by atoms with van der Waals surface area (Å²) in [5.74, 6) is 1.87. The van der Waals surface area contributed by atoms with Gasteiger partial charge in [0.2, 0.25) is 0 Å². The molecule has 10 aromatic rings. The number of rotatable bonds is 5. The lowest BCUT2D eigenvalue weighted by molar-refractivity contribution is 0.669. The van der Waals surface area contributed by atoms with E-state index >= 15 is 0 Å². The fourth-order valence-corrected chi connectivity index (χ4v) is 8.09. The number of benzene rings is 7. The maximum absolute atomic E-state index is 6.51. The number of fused-ring (bicyclic) bond motifs is 6. The fourth-order valence-electron chi connectivity index (χ4n) is 6.85. The van der Waals surface area contributed by atoms with Gasteiger partial charge in [-0.1, -0.05) is 133 Å². The average molecular weight is 658 g/mol. The molecule has 0 aliphatic rings. The quantitative estimate of drug-likeness (QED) is 0.185. The second-order valence-corrected chi connectivity index (χ2v) is 13.5. The van der Waals surface area contributed by atoms with Gasteiger partial charge < -0.3 is 4.42 Å². The van der Waals surface area contributed by atoms with E-state index in [9.17, 15) is 0 Å². The van der Waals surface area contributed by atoms with E-state index in [0.29, 0.717) is 17.5 Å². The fraction of sp³-hybridized carbons (Fsp3) is 0. The summed E-state index contributed by atoms with van der Waals surface area (Å²) < 4.78 is 9.15. The lowest BCUT2D eigenvalue weighted by Gasteiger charge is -2.08. The zero-order valence-corrected chi connectivity index (χ0v) is 27.6. The third-order valence-electron chi connectivity index (χ3n) is 9.36. The molecule has 10 rings (SSSR count). The van der Waals surface area contributed by atoms with E-state index < -0.39 is 0 Å². The van der Waals surface area contributed by atoms with E-state index in [2.05, 4.69) is 97.1 Å². The van der Waals surface area contributed by atoms with Crippen molar-refractivity contribution in [2.24, 2.45) is 0 Å². The maximum Gasteiger partial charge on any atom is 0.164 e. The van der Waals surface area contributed by atoms with Gasteiger partial charge in [-0.2, -0.15) is 0 Å². The molecular weight excluding hydrogens is 631 g/mol. The van der Waals surface area contributed by atoms with Crippen LogP contribution in [0.5, 0.6) is 0 Å². The zero-order valence-electron chi connectivity index (χ0n) is 26.7. The van der Waals surface area contributed by atoms with Gasteiger partial charge in [-0.3, -0.25) is 0 Å². The second kappa shape index (κ2) is 11.6. The van der Waals surface area contributed by atoms with Crippen LogP contribution in [0.3, 0.4) is 0 Å². The number of nitrogens with zero attached hydrogens (tertiary/aromatic N) is 3. The van der Waals surface area contributed by atoms with E-state index in [4.69, 9.17) is 19.4 Å². The minimum atomic E-state index is 0.604. The van der Waals surface area contributed by atoms with Gasteiger partial charge in [-0.15, -0.1) is 11.3 Å². The predicted molar refractivity (Wildman–Crippen MR) is 207 cm³/mol. The zero-order chi connectivity index (χ0) is 33.0. The molecule has 0 unspecified atom stereocenters. The molecule has 234 valence electrons. The first-order chi connectivity index (χ1) is 24.7. The Balaban J connectivity index is 1.01. The van der Waals surface area contributed by atoms with Crippen LogP contribution in [-0.4, -0.2) is 15.0 Å². The summed E-state index contributed by atoms with van der Waals surface area (Å²) >= 11 is 1.86. The van der Waals surface area contributed by atoms with Crippen LogP contribution in [0.15, 0.2) is 168 Å². The highest BCUT2D eigenvalue weighted by molar-refractivity contribution is 7.26. The van der Waals surface area contributed by atoms with E-state index in [1.807, 2.05) is 78.1 Å². The highest BCUT2D eigenvalue weighted by atomic mass is 32.1. The van der Waals surface area contributed by atoms with Gasteiger partial charge in [0.25, 0.3) is 0 Å². The first-order valence-electron chi connectivity index (χ1n) is 16.6. The van der Waals surface area contributed by atoms with Crippen molar-refractivity contribution in [3.63, 3.8) is 0 Å². The molecule has 0 fully saturated rings. The van der Waals surface area contributed by atoms with Crippen molar-refractivity contribution in [3.8, 4) is 56.4 Å². The molecule has 0 aliphatic heterocycles. The van der Waals surface area contributed by atoms with Crippen molar-refractivity contribution in [1.29, 1.82) is 0 Å². The largest absolute Gasteiger partial charge is 0.456 e. The Morgan fingerprint density at radius 1 is 0.360 bits per heavy atom. The average Bonchev–Trinajstić information content (AvgIpc) is 3.76. The van der Waals surface area contributed by atoms with Crippen LogP contribution in [-0.2, 0) is 0 Å². The standard InChI is InChI=1S/C45H27N3OS/c1-3-10-30(11-4-1)43-46-44(31-12-5-2-6-13-31)48-45(47-43)33-23-25-36-35-24-22-32(26-39(35)49-40(36)27-33)28-18-20-29(21-19-28)34-15-9-16-38-37-14-7-8-17-41(37)50-42(34)38/h1-27H. The number of furan rings is 1. The third-order valence-corrected chi connectivity index (χ3v) is 10.6. The van der Waals surface area contributed by atoms with E-state index in [1.54, 1.807) is 0 Å². The molecule has 0 atom stereocenters. The highest BCUT2D eigenvalue weighted by Gasteiger charge is 2.16. The van der Waals surface area contributed by atoms with Crippen LogP contribution in [0.4, 0.5) is 0 Å². The van der Waals surface area contributed by atoms with Crippen LogP contribution in [0.25, 0.3) is 98.5 Å². The summed E-state index contributed by atoms with van der Waals surface area (Å²) in [6.07, 6.45) is 0. The van der Waals surface area contributed by atoms with Crippen LogP contribution >= 0.6 is 11.3 Å². The summed E-state index contributed by atoms with van der Waals surface area (Å²) in [5, 5.41) is 4.77. The predicted octanol–water partition coefficient (Wildman–Crippen LogP) is 12.5. The molecular formula is C45H27N3OS. The Kier molecular flexibility index (Phi) is 6.64. The summed E-state index contributed by atoms with van der Waals surface area (Å²) in [6.45, 7) is 0. The Hall–Kier alpha value is -6.43. The van der Waals surface area contributed by atoms with Gasteiger partial charge in [0.05, 0.1) is 0 Å². The first kappa shape index (κ1) is 28.6. The van der Waals surface area contributed by atoms with Gasteiger partial charge in [0, 0.05) is 47.6 Å². The number of thiophene rings is 1. The molecule has 0 saturated heterocycles. The molecule has 50 heavy (non-hydrogen) atoms. The Labute approximate surface area is 292 Å². The van der Waals surface area contributed by atoms with Crippen molar-refractivity contribution >= 4 is 53.4 Å². The van der Waals surface area contributed by atoms with Crippen molar-refractivity contribution in [2.45, 2.75) is 0 Å². The maximum atomic E-state index is 6.51. The van der Waals surface area contributed by atoms with Crippen LogP contribution in [0.2, 0.25) is 0 Å². The van der Waals surface area contributed by atoms with Crippen LogP contribution in [0, 0.1) is 0 Å². The Morgan fingerprint density at radius 3 is 1.56 bits per heavy atom. The SMILES string of the molecule is c1ccc(-c2nc(-c3ccccc3)nc(-c3ccc4c(c3)oc3cc(-c5ccc(-c6cccc7c6sc6ccccc67)cc5)ccc34)n2)cc1. The Morgan fingerprint density at radius 2 is 0.880 bits per heavy atom. The van der Waals surface area contributed by atoms with E-state index in [1.165, 1.54) is 31.3 Å². The molecule has 3 aromatic heterocycles. The molecule has 5 heteroatoms. The second-order valence-electron chi connectivity index (χ2n) is 12.4. The molecule has 0 amide bonds. The molecule has 3 heterocycles. The topological polar surface area (TPSA) is 51.8 Å². The molecule has 0 radical (unpaired) electrons. The number of aromatic nitrogens is 3. The number of hydrogen-bond acceptors (Lipinski definition) is 5. The van der Waals surface area contributed by atoms with Gasteiger partial charge in [-0.05, 0) is 52.6 Å². The van der Waals surface area contributed by atoms with Crippen LogP contribution < -0.4 is 0 Å². The minimum absolute atomic E-state index is 0.604. The van der Waals surface area contributed by atoms with Gasteiger partial charge in [-0.25, -0.2) is 15.0 Å². The van der Waals surface area contributed by atoms with Gasteiger partial charge in [0.1, 0.15) is 11.2 Å². The smallest absolute Gasteiger partial charge is 0.164 e. The number of hydrogen-bond donors (Lipinski definition) is 0. The van der Waals surface area contributed by atoms with Crippen molar-refractivity contribution in [2.75, 3.05) is 0 Å². The normalized spacial score (nSPS) is 11.6.